The lowest BCUT2D eigenvalue weighted by atomic mass is 10.1. The topological polar surface area (TPSA) is 71.3 Å². The van der Waals surface area contributed by atoms with E-state index in [1.807, 2.05) is 0 Å². The average Bonchev–Trinajstić information content (AvgIpc) is 2.35. The Balaban J connectivity index is 2.75. The minimum Gasteiger partial charge on any atom is -0.506 e. The number of hydrogen-bond donors (Lipinski definition) is 2. The molecule has 1 heterocycles. The number of carbonyl (C=O) groups is 1. The van der Waals surface area contributed by atoms with Gasteiger partial charge < -0.3 is 15.0 Å². The maximum Gasteiger partial charge on any atom is 0.267 e. The molecule has 1 aromatic carbocycles. The highest BCUT2D eigenvalue weighted by Crippen LogP contribution is 2.25. The van der Waals surface area contributed by atoms with Crippen molar-refractivity contribution in [1.82, 2.24) is 9.88 Å². The summed E-state index contributed by atoms with van der Waals surface area (Å²) in [4.78, 5) is 24.2. The molecular weight excluding hydrogens is 244 g/mol. The van der Waals surface area contributed by atoms with Crippen LogP contribution in [0, 0.1) is 0 Å². The number of nitrogens with one attached hydrogen (secondary N) is 1. The van der Waals surface area contributed by atoms with Crippen LogP contribution in [-0.2, 0) is 7.05 Å². The van der Waals surface area contributed by atoms with Gasteiger partial charge in [0.25, 0.3) is 11.5 Å². The molecule has 0 unspecified atom stereocenters. The summed E-state index contributed by atoms with van der Waals surface area (Å²) in [7, 11) is 1.58. The quantitative estimate of drug-likeness (QED) is 0.857. The first-order valence-electron chi connectivity index (χ1n) is 6.05. The predicted octanol–water partition coefficient (Wildman–Crippen LogP) is 1.38. The number of amides is 1. The zero-order valence-corrected chi connectivity index (χ0v) is 11.1. The minimum absolute atomic E-state index is 0.108. The third-order valence-corrected chi connectivity index (χ3v) is 2.92. The minimum atomic E-state index is -0.557. The number of aromatic nitrogens is 1. The molecule has 0 fully saturated rings. The summed E-state index contributed by atoms with van der Waals surface area (Å²) in [5.41, 5.74) is -0.129. The lowest BCUT2D eigenvalue weighted by Gasteiger charge is -2.13. The third-order valence-electron chi connectivity index (χ3n) is 2.92. The Hall–Kier alpha value is -2.30. The molecule has 0 atom stereocenters. The maximum absolute atomic E-state index is 12.2. The van der Waals surface area contributed by atoms with Crippen LogP contribution in [0.5, 0.6) is 5.75 Å². The van der Waals surface area contributed by atoms with E-state index in [0.717, 1.165) is 0 Å². The zero-order chi connectivity index (χ0) is 14.2. The number of fused-ring (bicyclic) bond motifs is 1. The number of hydrogen-bond acceptors (Lipinski definition) is 3. The Labute approximate surface area is 110 Å². The number of nitrogens with zero attached hydrogens (tertiary/aromatic N) is 1. The van der Waals surface area contributed by atoms with Crippen molar-refractivity contribution in [3.05, 3.63) is 40.2 Å². The van der Waals surface area contributed by atoms with Crippen LogP contribution in [0.25, 0.3) is 10.9 Å². The SMILES string of the molecule is CC(C)NC(=O)c1c(O)c2ccccc2n(C)c1=O. The highest BCUT2D eigenvalue weighted by atomic mass is 16.3. The van der Waals surface area contributed by atoms with Gasteiger partial charge in [0.05, 0.1) is 5.52 Å². The van der Waals surface area contributed by atoms with E-state index >= 15 is 0 Å². The van der Waals surface area contributed by atoms with Gasteiger partial charge in [0.2, 0.25) is 0 Å². The van der Waals surface area contributed by atoms with Gasteiger partial charge in [-0.2, -0.15) is 0 Å². The average molecular weight is 260 g/mol. The molecule has 2 rings (SSSR count). The Morgan fingerprint density at radius 1 is 1.32 bits per heavy atom. The van der Waals surface area contributed by atoms with Crippen LogP contribution in [0.3, 0.4) is 0 Å². The van der Waals surface area contributed by atoms with Crippen LogP contribution >= 0.6 is 0 Å². The Morgan fingerprint density at radius 2 is 1.95 bits per heavy atom. The summed E-state index contributed by atoms with van der Waals surface area (Å²) >= 11 is 0. The first kappa shape index (κ1) is 13.1. The van der Waals surface area contributed by atoms with Crippen LogP contribution in [0.1, 0.15) is 24.2 Å². The number of benzene rings is 1. The van der Waals surface area contributed by atoms with Gasteiger partial charge in [-0.25, -0.2) is 0 Å². The Kier molecular flexibility index (Phi) is 3.29. The monoisotopic (exact) mass is 260 g/mol. The zero-order valence-electron chi connectivity index (χ0n) is 11.1. The molecule has 0 bridgehead atoms. The fourth-order valence-corrected chi connectivity index (χ4v) is 2.02. The van der Waals surface area contributed by atoms with E-state index < -0.39 is 11.5 Å². The van der Waals surface area contributed by atoms with Gasteiger partial charge >= 0.3 is 0 Å². The summed E-state index contributed by atoms with van der Waals surface area (Å²) in [6.07, 6.45) is 0. The molecule has 2 N–H and O–H groups in total. The van der Waals surface area contributed by atoms with E-state index in [1.165, 1.54) is 4.57 Å². The molecule has 5 heteroatoms. The molecular formula is C14H16N2O3. The van der Waals surface area contributed by atoms with Crippen molar-refractivity contribution in [2.24, 2.45) is 7.05 Å². The van der Waals surface area contributed by atoms with Crippen molar-refractivity contribution in [2.45, 2.75) is 19.9 Å². The van der Waals surface area contributed by atoms with Crippen LogP contribution in [0.2, 0.25) is 0 Å². The van der Waals surface area contributed by atoms with E-state index in [9.17, 15) is 14.7 Å². The standard InChI is InChI=1S/C14H16N2O3/c1-8(2)15-13(18)11-12(17)9-6-4-5-7-10(9)16(3)14(11)19/h4-8,17H,1-3H3,(H,15,18). The first-order valence-corrected chi connectivity index (χ1v) is 6.05. The fraction of sp³-hybridized carbons (Fsp3) is 0.286. The largest absolute Gasteiger partial charge is 0.506 e. The number of aromatic hydroxyl groups is 1. The summed E-state index contributed by atoms with van der Waals surface area (Å²) in [6.45, 7) is 3.58. The van der Waals surface area contributed by atoms with E-state index in [1.54, 1.807) is 45.2 Å². The van der Waals surface area contributed by atoms with Gasteiger partial charge in [-0.1, -0.05) is 12.1 Å². The second-order valence-corrected chi connectivity index (χ2v) is 4.73. The van der Waals surface area contributed by atoms with Gasteiger partial charge in [-0.15, -0.1) is 0 Å². The molecule has 0 saturated carbocycles. The molecule has 0 aliphatic carbocycles. The molecule has 2 aromatic rings. The maximum atomic E-state index is 12.2. The van der Waals surface area contributed by atoms with Crippen LogP contribution < -0.4 is 10.9 Å². The van der Waals surface area contributed by atoms with Crippen molar-refractivity contribution in [3.8, 4) is 5.75 Å². The lowest BCUT2D eigenvalue weighted by Crippen LogP contribution is -2.36. The van der Waals surface area contributed by atoms with E-state index in [0.29, 0.717) is 10.9 Å². The van der Waals surface area contributed by atoms with Crippen molar-refractivity contribution in [1.29, 1.82) is 0 Å². The van der Waals surface area contributed by atoms with Gasteiger partial charge in [0.15, 0.2) is 0 Å². The van der Waals surface area contributed by atoms with Crippen molar-refractivity contribution in [3.63, 3.8) is 0 Å². The van der Waals surface area contributed by atoms with Gasteiger partial charge in [0, 0.05) is 18.5 Å². The second-order valence-electron chi connectivity index (χ2n) is 4.73. The van der Waals surface area contributed by atoms with E-state index in [4.69, 9.17) is 0 Å². The molecule has 1 aromatic heterocycles. The summed E-state index contributed by atoms with van der Waals surface area (Å²) in [5.74, 6) is -0.823. The molecule has 5 nitrogen and oxygen atoms in total. The molecule has 0 spiro atoms. The number of rotatable bonds is 2. The summed E-state index contributed by atoms with van der Waals surface area (Å²) in [6, 6.07) is 6.81. The fourth-order valence-electron chi connectivity index (χ4n) is 2.02. The Morgan fingerprint density at radius 3 is 2.58 bits per heavy atom. The predicted molar refractivity (Wildman–Crippen MR) is 73.5 cm³/mol. The number of para-hydroxylation sites is 1. The van der Waals surface area contributed by atoms with Gasteiger partial charge in [-0.05, 0) is 26.0 Å². The van der Waals surface area contributed by atoms with Crippen molar-refractivity contribution in [2.75, 3.05) is 0 Å². The molecule has 0 aliphatic heterocycles. The molecule has 19 heavy (non-hydrogen) atoms. The first-order chi connectivity index (χ1) is 8.93. The second kappa shape index (κ2) is 4.76. The molecule has 100 valence electrons. The molecule has 0 radical (unpaired) electrons. The van der Waals surface area contributed by atoms with E-state index in [-0.39, 0.29) is 17.4 Å². The van der Waals surface area contributed by atoms with Gasteiger partial charge in [0.1, 0.15) is 11.3 Å². The molecule has 0 saturated heterocycles. The Bertz CT molecular complexity index is 702. The smallest absolute Gasteiger partial charge is 0.267 e. The highest BCUT2D eigenvalue weighted by molar-refractivity contribution is 6.02. The summed E-state index contributed by atoms with van der Waals surface area (Å²) in [5, 5.41) is 13.3. The van der Waals surface area contributed by atoms with Crippen LogP contribution in [0.15, 0.2) is 29.1 Å². The van der Waals surface area contributed by atoms with Gasteiger partial charge in [-0.3, -0.25) is 9.59 Å². The van der Waals surface area contributed by atoms with Crippen LogP contribution in [-0.4, -0.2) is 21.6 Å². The number of aryl methyl sites for hydroxylation is 1. The summed E-state index contributed by atoms with van der Waals surface area (Å²) < 4.78 is 1.37. The normalized spacial score (nSPS) is 10.9. The lowest BCUT2D eigenvalue weighted by molar-refractivity contribution is 0.0938. The van der Waals surface area contributed by atoms with Crippen molar-refractivity contribution < 1.29 is 9.90 Å². The van der Waals surface area contributed by atoms with E-state index in [2.05, 4.69) is 5.32 Å². The van der Waals surface area contributed by atoms with Crippen LogP contribution in [0.4, 0.5) is 0 Å². The van der Waals surface area contributed by atoms with Crippen molar-refractivity contribution >= 4 is 16.8 Å². The third kappa shape index (κ3) is 2.19. The number of carbonyl (C=O) groups excluding carboxylic acids is 1. The molecule has 0 aliphatic rings. The molecule has 1 amide bonds. The highest BCUT2D eigenvalue weighted by Gasteiger charge is 2.21. The number of pyridine rings is 1.